The van der Waals surface area contributed by atoms with Gasteiger partial charge in [-0.25, -0.2) is 0 Å². The zero-order valence-electron chi connectivity index (χ0n) is 13.0. The van der Waals surface area contributed by atoms with Crippen molar-refractivity contribution in [2.45, 2.75) is 38.1 Å². The lowest BCUT2D eigenvalue weighted by molar-refractivity contribution is -0.135. The molecule has 3 saturated heterocycles. The van der Waals surface area contributed by atoms with Crippen molar-refractivity contribution in [3.8, 4) is 0 Å². The van der Waals surface area contributed by atoms with Crippen molar-refractivity contribution in [3.05, 3.63) is 0 Å². The van der Waals surface area contributed by atoms with Gasteiger partial charge in [-0.15, -0.1) is 12.4 Å². The van der Waals surface area contributed by atoms with E-state index in [0.717, 1.165) is 39.0 Å². The summed E-state index contributed by atoms with van der Waals surface area (Å²) < 4.78 is 0. The smallest absolute Gasteiger partial charge is 0.228 e. The molecule has 4 aliphatic rings. The molecule has 3 aliphatic heterocycles. The van der Waals surface area contributed by atoms with E-state index < -0.39 is 0 Å². The molecule has 0 spiro atoms. The van der Waals surface area contributed by atoms with Crippen molar-refractivity contribution in [2.24, 2.45) is 17.8 Å². The van der Waals surface area contributed by atoms with Crippen LogP contribution >= 0.6 is 12.4 Å². The molecule has 1 unspecified atom stereocenters. The zero-order chi connectivity index (χ0) is 14.4. The maximum Gasteiger partial charge on any atom is 0.228 e. The van der Waals surface area contributed by atoms with Crippen LogP contribution in [0.4, 0.5) is 0 Å². The van der Waals surface area contributed by atoms with Crippen molar-refractivity contribution in [3.63, 3.8) is 0 Å². The lowest BCUT2D eigenvalue weighted by Crippen LogP contribution is -2.39. The molecule has 3 heterocycles. The Morgan fingerprint density at radius 3 is 2.32 bits per heavy atom. The maximum atomic E-state index is 12.7. The van der Waals surface area contributed by atoms with E-state index >= 15 is 0 Å². The van der Waals surface area contributed by atoms with Crippen LogP contribution < -0.4 is 5.32 Å². The van der Waals surface area contributed by atoms with E-state index in [2.05, 4.69) is 5.32 Å². The highest BCUT2D eigenvalue weighted by atomic mass is 35.5. The van der Waals surface area contributed by atoms with E-state index in [0.29, 0.717) is 30.8 Å². The van der Waals surface area contributed by atoms with Crippen LogP contribution in [0.15, 0.2) is 0 Å². The molecular formula is C16H26ClN3O2. The zero-order valence-corrected chi connectivity index (χ0v) is 13.8. The lowest BCUT2D eigenvalue weighted by Gasteiger charge is -2.25. The summed E-state index contributed by atoms with van der Waals surface area (Å²) in [6, 6.07) is 0.414. The van der Waals surface area contributed by atoms with E-state index in [4.69, 9.17) is 0 Å². The molecule has 0 aromatic rings. The highest BCUT2D eigenvalue weighted by Crippen LogP contribution is 2.32. The van der Waals surface area contributed by atoms with Crippen molar-refractivity contribution in [1.29, 1.82) is 0 Å². The Bertz CT molecular complexity index is 441. The van der Waals surface area contributed by atoms with Gasteiger partial charge in [-0.3, -0.25) is 9.59 Å². The number of hydrogen-bond acceptors (Lipinski definition) is 3. The minimum atomic E-state index is -0.0788. The van der Waals surface area contributed by atoms with Gasteiger partial charge in [0.15, 0.2) is 0 Å². The summed E-state index contributed by atoms with van der Waals surface area (Å²) in [5.41, 5.74) is 0. The molecule has 1 saturated carbocycles. The Balaban J connectivity index is 0.00000144. The number of carbonyl (C=O) groups excluding carboxylic acids is 2. The van der Waals surface area contributed by atoms with Gasteiger partial charge in [0, 0.05) is 45.2 Å². The van der Waals surface area contributed by atoms with Gasteiger partial charge in [-0.05, 0) is 24.7 Å². The molecular weight excluding hydrogens is 302 g/mol. The van der Waals surface area contributed by atoms with Crippen LogP contribution in [0.3, 0.4) is 0 Å². The normalized spacial score (nSPS) is 35.1. The number of likely N-dealkylation sites (tertiary alicyclic amines) is 2. The van der Waals surface area contributed by atoms with Gasteiger partial charge in [0.05, 0.1) is 5.92 Å². The number of nitrogens with one attached hydrogen (secondary N) is 1. The van der Waals surface area contributed by atoms with Gasteiger partial charge in [-0.1, -0.05) is 12.8 Å². The third kappa shape index (κ3) is 2.73. The molecule has 1 aliphatic carbocycles. The number of rotatable bonds is 2. The molecule has 0 radical (unpaired) electrons. The van der Waals surface area contributed by atoms with E-state index in [9.17, 15) is 9.59 Å². The summed E-state index contributed by atoms with van der Waals surface area (Å²) in [7, 11) is 0. The van der Waals surface area contributed by atoms with E-state index in [1.807, 2.05) is 9.80 Å². The first-order valence-corrected chi connectivity index (χ1v) is 8.51. The molecule has 2 amide bonds. The number of hydrogen-bond donors (Lipinski definition) is 1. The highest BCUT2D eigenvalue weighted by molar-refractivity contribution is 5.89. The first-order chi connectivity index (χ1) is 10.2. The van der Waals surface area contributed by atoms with Crippen LogP contribution in [0, 0.1) is 17.8 Å². The third-order valence-electron chi connectivity index (χ3n) is 5.97. The van der Waals surface area contributed by atoms with E-state index in [-0.39, 0.29) is 30.1 Å². The van der Waals surface area contributed by atoms with Gasteiger partial charge < -0.3 is 15.1 Å². The van der Waals surface area contributed by atoms with Crippen molar-refractivity contribution in [2.75, 3.05) is 32.7 Å². The summed E-state index contributed by atoms with van der Waals surface area (Å²) in [5.74, 6) is 1.64. The molecule has 124 valence electrons. The fraction of sp³-hybridized carbons (Fsp3) is 0.875. The SMILES string of the molecule is Cl.O=C(C1CC(=O)N(C2CCCC2)C1)N1C[C@H]2CNC[C@H]2C1. The van der Waals surface area contributed by atoms with Crippen LogP contribution in [0.1, 0.15) is 32.1 Å². The van der Waals surface area contributed by atoms with Gasteiger partial charge in [0.25, 0.3) is 0 Å². The molecule has 22 heavy (non-hydrogen) atoms. The summed E-state index contributed by atoms with van der Waals surface area (Å²) >= 11 is 0. The molecule has 1 N–H and O–H groups in total. The number of nitrogens with zero attached hydrogens (tertiary/aromatic N) is 2. The fourth-order valence-corrected chi connectivity index (χ4v) is 4.76. The van der Waals surface area contributed by atoms with Crippen LogP contribution in [0.2, 0.25) is 0 Å². The predicted molar refractivity (Wildman–Crippen MR) is 85.8 cm³/mol. The molecule has 4 fully saturated rings. The second-order valence-corrected chi connectivity index (χ2v) is 7.31. The largest absolute Gasteiger partial charge is 0.342 e. The summed E-state index contributed by atoms with van der Waals surface area (Å²) in [5, 5.41) is 3.40. The minimum Gasteiger partial charge on any atom is -0.342 e. The third-order valence-corrected chi connectivity index (χ3v) is 5.97. The fourth-order valence-electron chi connectivity index (χ4n) is 4.76. The second-order valence-electron chi connectivity index (χ2n) is 7.31. The average Bonchev–Trinajstić information content (AvgIpc) is 3.20. The number of carbonyl (C=O) groups is 2. The minimum absolute atomic E-state index is 0. The Labute approximate surface area is 138 Å². The van der Waals surface area contributed by atoms with Gasteiger partial charge in [-0.2, -0.15) is 0 Å². The van der Waals surface area contributed by atoms with Crippen molar-refractivity contribution >= 4 is 24.2 Å². The van der Waals surface area contributed by atoms with Crippen molar-refractivity contribution in [1.82, 2.24) is 15.1 Å². The molecule has 0 aromatic carbocycles. The van der Waals surface area contributed by atoms with Gasteiger partial charge in [0.1, 0.15) is 0 Å². The Morgan fingerprint density at radius 2 is 1.68 bits per heavy atom. The Morgan fingerprint density at radius 1 is 1.05 bits per heavy atom. The summed E-state index contributed by atoms with van der Waals surface area (Å²) in [6.07, 6.45) is 5.17. The Hall–Kier alpha value is -0.810. The Kier molecular flexibility index (Phi) is 4.64. The summed E-state index contributed by atoms with van der Waals surface area (Å²) in [4.78, 5) is 29.0. The number of fused-ring (bicyclic) bond motifs is 1. The lowest BCUT2D eigenvalue weighted by atomic mass is 10.0. The first kappa shape index (κ1) is 16.1. The van der Waals surface area contributed by atoms with Crippen LogP contribution in [0.25, 0.3) is 0 Å². The van der Waals surface area contributed by atoms with Crippen LogP contribution in [-0.4, -0.2) is 60.4 Å². The molecule has 6 heteroatoms. The van der Waals surface area contributed by atoms with E-state index in [1.165, 1.54) is 12.8 Å². The molecule has 0 bridgehead atoms. The highest BCUT2D eigenvalue weighted by Gasteiger charge is 2.44. The van der Waals surface area contributed by atoms with Crippen LogP contribution in [0.5, 0.6) is 0 Å². The van der Waals surface area contributed by atoms with Crippen LogP contribution in [-0.2, 0) is 9.59 Å². The quantitative estimate of drug-likeness (QED) is 0.819. The monoisotopic (exact) mass is 327 g/mol. The molecule has 3 atom stereocenters. The maximum absolute atomic E-state index is 12.7. The topological polar surface area (TPSA) is 52.7 Å². The number of amides is 2. The number of halogens is 1. The molecule has 5 nitrogen and oxygen atoms in total. The first-order valence-electron chi connectivity index (χ1n) is 8.51. The second kappa shape index (κ2) is 6.36. The van der Waals surface area contributed by atoms with Gasteiger partial charge in [0.2, 0.25) is 11.8 Å². The summed E-state index contributed by atoms with van der Waals surface area (Å²) in [6.45, 7) is 4.56. The van der Waals surface area contributed by atoms with Crippen molar-refractivity contribution < 1.29 is 9.59 Å². The van der Waals surface area contributed by atoms with E-state index in [1.54, 1.807) is 0 Å². The molecule has 0 aromatic heterocycles. The van der Waals surface area contributed by atoms with Gasteiger partial charge >= 0.3 is 0 Å². The molecule has 4 rings (SSSR count). The standard InChI is InChI=1S/C16H25N3O2.ClH/c20-15-5-11(10-19(15)14-3-1-2-4-14)16(21)18-8-12-6-17-7-13(12)9-18;/h11-14,17H,1-10H2;1H/t11?,12-,13+;. The average molecular weight is 328 g/mol. The predicted octanol–water partition coefficient (Wildman–Crippen LogP) is 0.877.